The fourth-order valence-corrected chi connectivity index (χ4v) is 3.68. The van der Waals surface area contributed by atoms with Crippen molar-refractivity contribution in [2.45, 2.75) is 13.8 Å². The Bertz CT molecular complexity index is 1160. The molecule has 7 nitrogen and oxygen atoms in total. The summed E-state index contributed by atoms with van der Waals surface area (Å²) >= 11 is 0. The number of benzene rings is 1. The summed E-state index contributed by atoms with van der Waals surface area (Å²) in [5, 5.41) is 18.4. The minimum absolute atomic E-state index is 0.175. The highest BCUT2D eigenvalue weighted by atomic mass is 16.5. The van der Waals surface area contributed by atoms with E-state index >= 15 is 0 Å². The molecule has 1 N–H and O–H groups in total. The standard InChI is InChI=1S/C21H20N4O3/c1-12-18(13(2)28-23-12)20-17(11-26)25(4)21(16-9-10-24(3)22-16)19(20)14-5-7-15(27)8-6-14/h5-11,27H,1-4H3. The lowest BCUT2D eigenvalue weighted by atomic mass is 9.93. The number of hydrogen-bond acceptors (Lipinski definition) is 5. The number of hydrogen-bond donors (Lipinski definition) is 1. The van der Waals surface area contributed by atoms with Gasteiger partial charge < -0.3 is 14.2 Å². The maximum Gasteiger partial charge on any atom is 0.167 e. The second-order valence-corrected chi connectivity index (χ2v) is 6.78. The van der Waals surface area contributed by atoms with Crippen LogP contribution in [0.3, 0.4) is 0 Å². The monoisotopic (exact) mass is 376 g/mol. The number of aryl methyl sites for hydroxylation is 3. The highest BCUT2D eigenvalue weighted by molar-refractivity contribution is 6.02. The Morgan fingerprint density at radius 1 is 1.04 bits per heavy atom. The zero-order valence-electron chi connectivity index (χ0n) is 16.1. The SMILES string of the molecule is Cc1noc(C)c1-c1c(-c2ccc(O)cc2)c(-c2ccn(C)n2)n(C)c1C=O. The molecule has 0 spiro atoms. The summed E-state index contributed by atoms with van der Waals surface area (Å²) in [4.78, 5) is 12.1. The van der Waals surface area contributed by atoms with E-state index in [0.29, 0.717) is 17.1 Å². The number of carbonyl (C=O) groups excluding carboxylic acids is 1. The van der Waals surface area contributed by atoms with Gasteiger partial charge in [-0.3, -0.25) is 9.48 Å². The van der Waals surface area contributed by atoms with Crippen LogP contribution in [0, 0.1) is 13.8 Å². The molecule has 3 heterocycles. The average Bonchev–Trinajstić information content (AvgIpc) is 3.31. The van der Waals surface area contributed by atoms with Crippen LogP contribution in [0.15, 0.2) is 41.1 Å². The molecule has 0 aliphatic rings. The van der Waals surface area contributed by atoms with E-state index in [9.17, 15) is 9.90 Å². The van der Waals surface area contributed by atoms with Crippen molar-refractivity contribution in [3.8, 4) is 39.4 Å². The van der Waals surface area contributed by atoms with Gasteiger partial charge >= 0.3 is 0 Å². The Hall–Kier alpha value is -3.61. The number of aldehydes is 1. The van der Waals surface area contributed by atoms with Gasteiger partial charge in [-0.2, -0.15) is 5.10 Å². The van der Waals surface area contributed by atoms with Gasteiger partial charge in [-0.25, -0.2) is 0 Å². The Labute approximate surface area is 161 Å². The molecular weight excluding hydrogens is 356 g/mol. The van der Waals surface area contributed by atoms with Gasteiger partial charge in [0, 0.05) is 31.4 Å². The third-order valence-electron chi connectivity index (χ3n) is 4.95. The van der Waals surface area contributed by atoms with Gasteiger partial charge in [0.2, 0.25) is 0 Å². The predicted molar refractivity (Wildman–Crippen MR) is 105 cm³/mol. The van der Waals surface area contributed by atoms with Crippen LogP contribution < -0.4 is 0 Å². The molecule has 0 aliphatic heterocycles. The van der Waals surface area contributed by atoms with Gasteiger partial charge in [0.1, 0.15) is 17.2 Å². The molecule has 4 rings (SSSR count). The molecule has 0 fully saturated rings. The van der Waals surface area contributed by atoms with Crippen molar-refractivity contribution in [2.24, 2.45) is 14.1 Å². The highest BCUT2D eigenvalue weighted by Gasteiger charge is 2.28. The third kappa shape index (κ3) is 2.63. The average molecular weight is 376 g/mol. The summed E-state index contributed by atoms with van der Waals surface area (Å²) in [6, 6.07) is 8.82. The van der Waals surface area contributed by atoms with Crippen molar-refractivity contribution in [3.63, 3.8) is 0 Å². The molecule has 3 aromatic heterocycles. The first kappa shape index (κ1) is 17.8. The maximum absolute atomic E-state index is 12.1. The van der Waals surface area contributed by atoms with Crippen molar-refractivity contribution in [1.29, 1.82) is 0 Å². The van der Waals surface area contributed by atoms with Crippen LogP contribution in [0.25, 0.3) is 33.6 Å². The number of nitrogens with zero attached hydrogens (tertiary/aromatic N) is 4. The van der Waals surface area contributed by atoms with Gasteiger partial charge in [0.15, 0.2) is 6.29 Å². The summed E-state index contributed by atoms with van der Waals surface area (Å²) < 4.78 is 8.95. The van der Waals surface area contributed by atoms with Crippen molar-refractivity contribution < 1.29 is 14.4 Å². The molecule has 28 heavy (non-hydrogen) atoms. The fraction of sp³-hybridized carbons (Fsp3) is 0.190. The number of aromatic hydroxyl groups is 1. The highest BCUT2D eigenvalue weighted by Crippen LogP contribution is 2.45. The molecule has 0 amide bonds. The quantitative estimate of drug-likeness (QED) is 0.546. The molecule has 0 saturated carbocycles. The van der Waals surface area contributed by atoms with Gasteiger partial charge in [-0.05, 0) is 37.6 Å². The van der Waals surface area contributed by atoms with E-state index < -0.39 is 0 Å². The van der Waals surface area contributed by atoms with E-state index in [1.807, 2.05) is 56.9 Å². The van der Waals surface area contributed by atoms with Gasteiger partial charge in [0.25, 0.3) is 0 Å². The third-order valence-corrected chi connectivity index (χ3v) is 4.95. The summed E-state index contributed by atoms with van der Waals surface area (Å²) in [5.74, 6) is 0.812. The van der Waals surface area contributed by atoms with E-state index in [-0.39, 0.29) is 5.75 Å². The van der Waals surface area contributed by atoms with Gasteiger partial charge in [-0.15, -0.1) is 0 Å². The first-order valence-electron chi connectivity index (χ1n) is 8.83. The van der Waals surface area contributed by atoms with E-state index in [0.717, 1.165) is 39.9 Å². The number of carbonyl (C=O) groups is 1. The van der Waals surface area contributed by atoms with Crippen LogP contribution in [0.1, 0.15) is 21.9 Å². The second kappa shape index (κ2) is 6.53. The van der Waals surface area contributed by atoms with Gasteiger partial charge in [-0.1, -0.05) is 17.3 Å². The Kier molecular flexibility index (Phi) is 4.15. The minimum Gasteiger partial charge on any atom is -0.508 e. The molecular formula is C21H20N4O3. The van der Waals surface area contributed by atoms with Crippen molar-refractivity contribution in [1.82, 2.24) is 19.5 Å². The number of phenols is 1. The molecule has 0 bridgehead atoms. The second-order valence-electron chi connectivity index (χ2n) is 6.78. The van der Waals surface area contributed by atoms with E-state index in [1.54, 1.807) is 16.8 Å². The summed E-state index contributed by atoms with van der Waals surface area (Å²) in [6.07, 6.45) is 2.71. The first-order chi connectivity index (χ1) is 13.4. The van der Waals surface area contributed by atoms with Crippen LogP contribution >= 0.6 is 0 Å². The van der Waals surface area contributed by atoms with Crippen LogP contribution in [0.2, 0.25) is 0 Å². The number of phenolic OH excluding ortho intramolecular Hbond substituents is 1. The molecule has 0 unspecified atom stereocenters. The van der Waals surface area contributed by atoms with Crippen molar-refractivity contribution >= 4 is 6.29 Å². The van der Waals surface area contributed by atoms with Crippen molar-refractivity contribution in [3.05, 3.63) is 53.7 Å². The van der Waals surface area contributed by atoms with E-state index in [1.165, 1.54) is 0 Å². The minimum atomic E-state index is 0.175. The Morgan fingerprint density at radius 2 is 1.75 bits per heavy atom. The Morgan fingerprint density at radius 3 is 2.29 bits per heavy atom. The lowest BCUT2D eigenvalue weighted by Crippen LogP contribution is -1.99. The van der Waals surface area contributed by atoms with Crippen LogP contribution in [-0.4, -0.2) is 30.9 Å². The molecule has 4 aromatic rings. The van der Waals surface area contributed by atoms with Crippen LogP contribution in [0.5, 0.6) is 5.75 Å². The molecule has 0 saturated heterocycles. The molecule has 1 aromatic carbocycles. The zero-order chi connectivity index (χ0) is 20.0. The molecule has 142 valence electrons. The maximum atomic E-state index is 12.1. The lowest BCUT2D eigenvalue weighted by molar-refractivity contribution is 0.111. The van der Waals surface area contributed by atoms with Crippen molar-refractivity contribution in [2.75, 3.05) is 0 Å². The summed E-state index contributed by atoms with van der Waals surface area (Å²) in [6.45, 7) is 3.69. The molecule has 0 aliphatic carbocycles. The summed E-state index contributed by atoms with van der Waals surface area (Å²) in [7, 11) is 3.70. The van der Waals surface area contributed by atoms with Crippen LogP contribution in [0.4, 0.5) is 0 Å². The van der Waals surface area contributed by atoms with Gasteiger partial charge in [0.05, 0.1) is 22.6 Å². The Balaban J connectivity index is 2.16. The molecule has 7 heteroatoms. The number of rotatable bonds is 4. The first-order valence-corrected chi connectivity index (χ1v) is 8.83. The normalized spacial score (nSPS) is 11.1. The molecule has 0 radical (unpaired) electrons. The molecule has 0 atom stereocenters. The lowest BCUT2D eigenvalue weighted by Gasteiger charge is -2.08. The predicted octanol–water partition coefficient (Wildman–Crippen LogP) is 3.88. The zero-order valence-corrected chi connectivity index (χ0v) is 16.1. The topological polar surface area (TPSA) is 86.1 Å². The van der Waals surface area contributed by atoms with E-state index in [2.05, 4.69) is 10.3 Å². The van der Waals surface area contributed by atoms with E-state index in [4.69, 9.17) is 4.52 Å². The summed E-state index contributed by atoms with van der Waals surface area (Å²) in [5.41, 5.74) is 6.02. The number of aromatic nitrogens is 4. The fourth-order valence-electron chi connectivity index (χ4n) is 3.68. The smallest absolute Gasteiger partial charge is 0.167 e. The van der Waals surface area contributed by atoms with Crippen LogP contribution in [-0.2, 0) is 14.1 Å². The largest absolute Gasteiger partial charge is 0.508 e.